The number of ketones is 2. The summed E-state index contributed by atoms with van der Waals surface area (Å²) in [4.78, 5) is 35.0. The predicted molar refractivity (Wildman–Crippen MR) is 208 cm³/mol. The molecule has 2 heterocycles. The van der Waals surface area contributed by atoms with Crippen LogP contribution in [-0.2, 0) is 9.59 Å². The molecule has 60 heavy (non-hydrogen) atoms. The number of hydrogen-bond acceptors (Lipinski definition) is 18. The minimum absolute atomic E-state index is 0. The number of carbonyl (C=O) groups is 2. The summed E-state index contributed by atoms with van der Waals surface area (Å²) in [5.41, 5.74) is 2.84. The molecule has 0 saturated heterocycles. The molecule has 18 nitrogen and oxygen atoms in total. The Balaban J connectivity index is -0.000000356. The Morgan fingerprint density at radius 3 is 1.17 bits per heavy atom. The monoisotopic (exact) mass is 1130 g/mol. The molecular weight excluding hydrogens is 1080 g/mol. The van der Waals surface area contributed by atoms with Gasteiger partial charge in [-0.15, -0.1) is 11.5 Å². The number of aliphatic hydroxyl groups is 2. The fourth-order valence-corrected chi connectivity index (χ4v) is 3.32. The van der Waals surface area contributed by atoms with Gasteiger partial charge in [0.15, 0.2) is 11.6 Å². The molecule has 0 aliphatic rings. The molecular formula is C40H46Dy2N8O10. The smallest absolute Gasteiger partial charge is 0.876 e. The number of rotatable bonds is 8. The number of aryl methyl sites for hydroxylation is 2. The molecule has 2 radical (unpaired) electrons. The summed E-state index contributed by atoms with van der Waals surface area (Å²) in [5.74, 6) is -2.30. The van der Waals surface area contributed by atoms with Gasteiger partial charge in [0.25, 0.3) is 0 Å². The normalized spacial score (nSPS) is 10.8. The van der Waals surface area contributed by atoms with Crippen LogP contribution in [0, 0.1) is 90.2 Å². The van der Waals surface area contributed by atoms with Crippen molar-refractivity contribution in [3.05, 3.63) is 131 Å². The van der Waals surface area contributed by atoms with E-state index >= 15 is 0 Å². The molecule has 2 aromatic carbocycles. The summed E-state index contributed by atoms with van der Waals surface area (Å²) in [5, 5.41) is 95.2. The van der Waals surface area contributed by atoms with Gasteiger partial charge in [-0.05, 0) is 64.8 Å². The van der Waals surface area contributed by atoms with Crippen molar-refractivity contribution in [2.45, 2.75) is 55.4 Å². The van der Waals surface area contributed by atoms with Crippen molar-refractivity contribution in [3.63, 3.8) is 0 Å². The average Bonchev–Trinajstić information content (AvgIpc) is 3.15. The number of nitrogens with zero attached hydrogens (tertiary/aromatic N) is 8. The van der Waals surface area contributed by atoms with Crippen molar-refractivity contribution in [2.24, 2.45) is 20.4 Å². The molecule has 0 unspecified atom stereocenters. The second kappa shape index (κ2) is 38.6. The zero-order chi connectivity index (χ0) is 44.5. The summed E-state index contributed by atoms with van der Waals surface area (Å²) < 4.78 is 0. The molecule has 0 saturated carbocycles. The van der Waals surface area contributed by atoms with E-state index < -0.39 is 11.8 Å². The van der Waals surface area contributed by atoms with Crippen LogP contribution < -0.4 is 30.6 Å². The van der Waals surface area contributed by atoms with Gasteiger partial charge in [0, 0.05) is 49.8 Å². The van der Waals surface area contributed by atoms with Crippen LogP contribution in [0.2, 0.25) is 0 Å². The van der Waals surface area contributed by atoms with Gasteiger partial charge in [0.2, 0.25) is 0 Å². The fraction of sp³-hybridized carbons (Fsp3) is 0.250. The van der Waals surface area contributed by atoms with E-state index in [0.29, 0.717) is 11.1 Å². The largest absolute Gasteiger partial charge is 3.00 e. The average molecular weight is 1120 g/mol. The first kappa shape index (κ1) is 62.0. The summed E-state index contributed by atoms with van der Waals surface area (Å²) >= 11 is 0. The molecule has 0 fully saturated rings. The van der Waals surface area contributed by atoms with Crippen LogP contribution >= 0.6 is 0 Å². The SMILES string of the molecule is CC(=O)/C=C(/C)[O-].CC(=O)/C=C(/C)[O-].CCO.CCO.Cc1ccc([O-])c(/C=N/N=C(\[O-])c2cnccn2)c1.Cc1ccc([O-])c(/C=N/N=C(\[O-])c2cnccn2)c1.[Dy+3].[Dy+3]. The molecule has 0 bridgehead atoms. The van der Waals surface area contributed by atoms with E-state index in [9.17, 15) is 40.2 Å². The summed E-state index contributed by atoms with van der Waals surface area (Å²) in [6.45, 7) is 13.0. The molecule has 0 atom stereocenters. The second-order valence-electron chi connectivity index (χ2n) is 10.9. The van der Waals surface area contributed by atoms with Crippen LogP contribution in [0.4, 0.5) is 0 Å². The summed E-state index contributed by atoms with van der Waals surface area (Å²) in [7, 11) is 0. The maximum atomic E-state index is 11.5. The Hall–Kier alpha value is -4.63. The molecule has 4 aromatic rings. The van der Waals surface area contributed by atoms with Crippen molar-refractivity contribution < 1.29 is 127 Å². The van der Waals surface area contributed by atoms with Gasteiger partial charge >= 0.3 is 76.3 Å². The Bertz CT molecular complexity index is 1850. The summed E-state index contributed by atoms with van der Waals surface area (Å²) in [6, 6.07) is 9.66. The van der Waals surface area contributed by atoms with E-state index in [1.54, 1.807) is 38.1 Å². The molecule has 0 aliphatic carbocycles. The zero-order valence-electron chi connectivity index (χ0n) is 34.0. The second-order valence-corrected chi connectivity index (χ2v) is 10.9. The molecule has 0 aliphatic heterocycles. The molecule has 2 aromatic heterocycles. The third-order valence-electron chi connectivity index (χ3n) is 5.40. The number of allylic oxidation sites excluding steroid dienone is 4. The Kier molecular flexibility index (Phi) is 39.9. The fourth-order valence-electron chi connectivity index (χ4n) is 3.32. The van der Waals surface area contributed by atoms with Crippen LogP contribution in [0.3, 0.4) is 0 Å². The van der Waals surface area contributed by atoms with Crippen molar-refractivity contribution in [1.82, 2.24) is 19.9 Å². The first-order valence-corrected chi connectivity index (χ1v) is 17.0. The van der Waals surface area contributed by atoms with Crippen LogP contribution in [-0.4, -0.2) is 79.2 Å². The Morgan fingerprint density at radius 1 is 0.617 bits per heavy atom. The van der Waals surface area contributed by atoms with E-state index in [1.165, 1.54) is 89.4 Å². The van der Waals surface area contributed by atoms with Gasteiger partial charge in [-0.3, -0.25) is 29.5 Å². The maximum Gasteiger partial charge on any atom is 3.00 e. The minimum Gasteiger partial charge on any atom is -0.876 e. The van der Waals surface area contributed by atoms with E-state index in [4.69, 9.17) is 10.2 Å². The molecule has 0 amide bonds. The van der Waals surface area contributed by atoms with Crippen LogP contribution in [0.25, 0.3) is 0 Å². The minimum atomic E-state index is -0.607. The van der Waals surface area contributed by atoms with E-state index in [2.05, 4.69) is 40.3 Å². The van der Waals surface area contributed by atoms with Crippen molar-refractivity contribution in [2.75, 3.05) is 13.2 Å². The molecule has 4 rings (SSSR count). The summed E-state index contributed by atoms with van der Waals surface area (Å²) in [6.07, 6.45) is 12.9. The van der Waals surface area contributed by atoms with E-state index in [1.807, 2.05) is 13.8 Å². The quantitative estimate of drug-likeness (QED) is 0.0751. The van der Waals surface area contributed by atoms with Crippen molar-refractivity contribution >= 4 is 35.8 Å². The molecule has 0 spiro atoms. The van der Waals surface area contributed by atoms with Crippen molar-refractivity contribution in [3.8, 4) is 11.5 Å². The first-order valence-electron chi connectivity index (χ1n) is 17.0. The number of hydrogen-bond donors (Lipinski definition) is 2. The van der Waals surface area contributed by atoms with Crippen molar-refractivity contribution in [1.29, 1.82) is 0 Å². The van der Waals surface area contributed by atoms with E-state index in [0.717, 1.165) is 23.3 Å². The predicted octanol–water partition coefficient (Wildman–Crippen LogP) is -0.325. The van der Waals surface area contributed by atoms with Crippen LogP contribution in [0.15, 0.2) is 118 Å². The van der Waals surface area contributed by atoms with Gasteiger partial charge < -0.3 is 40.9 Å². The maximum absolute atomic E-state index is 11.5. The molecule has 326 valence electrons. The number of aromatic nitrogens is 4. The van der Waals surface area contributed by atoms with Crippen LogP contribution in [0.5, 0.6) is 11.5 Å². The topological polar surface area (TPSA) is 314 Å². The Labute approximate surface area is 410 Å². The number of benzene rings is 2. The van der Waals surface area contributed by atoms with Gasteiger partial charge in [0.1, 0.15) is 0 Å². The third kappa shape index (κ3) is 34.2. The number of carbonyl (C=O) groups excluding carboxylic acids is 2. The Morgan fingerprint density at radius 2 is 0.933 bits per heavy atom. The standard InChI is InChI=1S/2C13H12N4O2.2C5H8O2.2C2H6O.2Dy/c2*1-9-2-3-12(18)10(6-9)7-16-17-13(19)11-8-14-4-5-15-11;2*1-4(6)3-5(2)7;2*1-2-3;;/h2*2-8,18H,1H3,(H,17,19);2*3,6H,1-2H3;2*3H,2H2,1H3;;/q;;;;;;2*+3/p-6/b2*16-7+;2*4-3-;;;;. The third-order valence-corrected chi connectivity index (χ3v) is 5.40. The van der Waals surface area contributed by atoms with Gasteiger partial charge in [-0.25, -0.2) is 0 Å². The van der Waals surface area contributed by atoms with Crippen LogP contribution in [0.1, 0.15) is 75.2 Å². The van der Waals surface area contributed by atoms with Gasteiger partial charge in [0.05, 0.1) is 36.2 Å². The van der Waals surface area contributed by atoms with Gasteiger partial charge in [-0.1, -0.05) is 72.9 Å². The zero-order valence-corrected chi connectivity index (χ0v) is 38.1. The molecule has 20 heteroatoms. The first-order chi connectivity index (χ1) is 27.4. The van der Waals surface area contributed by atoms with E-state index in [-0.39, 0.29) is 136 Å². The van der Waals surface area contributed by atoms with Gasteiger partial charge in [-0.2, -0.15) is 20.4 Å². The molecule has 2 N–H and O–H groups in total. The number of aliphatic hydroxyl groups excluding tert-OH is 2.